The lowest BCUT2D eigenvalue weighted by atomic mass is 10.0. The van der Waals surface area contributed by atoms with Crippen LogP contribution in [0.2, 0.25) is 0 Å². The van der Waals surface area contributed by atoms with E-state index in [1.807, 2.05) is 0 Å². The van der Waals surface area contributed by atoms with Crippen molar-refractivity contribution in [1.29, 1.82) is 0 Å². The molecule has 1 aromatic carbocycles. The fourth-order valence-electron chi connectivity index (χ4n) is 3.57. The van der Waals surface area contributed by atoms with Crippen LogP contribution in [0.25, 0.3) is 0 Å². The van der Waals surface area contributed by atoms with Gasteiger partial charge >= 0.3 is 0 Å². The summed E-state index contributed by atoms with van der Waals surface area (Å²) in [6.07, 6.45) is 3.86. The molecule has 0 saturated carbocycles. The van der Waals surface area contributed by atoms with Gasteiger partial charge in [0.2, 0.25) is 5.91 Å². The van der Waals surface area contributed by atoms with Gasteiger partial charge in [0.1, 0.15) is 0 Å². The zero-order valence-corrected chi connectivity index (χ0v) is 17.7. The molecule has 1 heterocycles. The van der Waals surface area contributed by atoms with Gasteiger partial charge in [-0.25, -0.2) is 0 Å². The highest BCUT2D eigenvalue weighted by Crippen LogP contribution is 2.14. The quantitative estimate of drug-likeness (QED) is 0.629. The summed E-state index contributed by atoms with van der Waals surface area (Å²) in [5, 5.41) is 6.54. The molecule has 0 bridgehead atoms. The fourth-order valence-corrected chi connectivity index (χ4v) is 3.57. The molecule has 1 aliphatic rings. The second-order valence-corrected chi connectivity index (χ2v) is 6.77. The van der Waals surface area contributed by atoms with Crippen LogP contribution in [-0.4, -0.2) is 49.6 Å². The van der Waals surface area contributed by atoms with Crippen LogP contribution < -0.4 is 10.6 Å². The lowest BCUT2D eigenvalue weighted by molar-refractivity contribution is -0.121. The number of amides is 1. The minimum atomic E-state index is 0. The minimum Gasteiger partial charge on any atom is -0.355 e. The Balaban J connectivity index is 0.00000312. The van der Waals surface area contributed by atoms with Crippen molar-refractivity contribution in [2.75, 3.05) is 32.7 Å². The predicted molar refractivity (Wildman–Crippen MR) is 115 cm³/mol. The maximum atomic E-state index is 12.2. The fraction of sp³-hybridized carbons (Fsp3) is 0.650. The van der Waals surface area contributed by atoms with Gasteiger partial charge in [0.25, 0.3) is 0 Å². The van der Waals surface area contributed by atoms with E-state index < -0.39 is 0 Å². The first-order chi connectivity index (χ1) is 11.7. The number of nitrogens with one attached hydrogen (secondary N) is 2. The van der Waals surface area contributed by atoms with Gasteiger partial charge in [0.15, 0.2) is 0 Å². The number of benzene rings is 1. The first-order valence-electron chi connectivity index (χ1n) is 9.48. The summed E-state index contributed by atoms with van der Waals surface area (Å²) < 4.78 is 0. The van der Waals surface area contributed by atoms with Crippen molar-refractivity contribution >= 4 is 30.7 Å². The monoisotopic (exact) mass is 403 g/mol. The number of nitrogens with zero attached hydrogens (tertiary/aromatic N) is 1. The van der Waals surface area contributed by atoms with Gasteiger partial charge in [0, 0.05) is 19.0 Å². The van der Waals surface area contributed by atoms with Crippen LogP contribution in [0.1, 0.15) is 38.7 Å². The molecule has 2 rings (SSSR count). The summed E-state index contributed by atoms with van der Waals surface area (Å²) in [4.78, 5) is 14.6. The molecule has 26 heavy (non-hydrogen) atoms. The maximum absolute atomic E-state index is 12.2. The van der Waals surface area contributed by atoms with E-state index in [1.54, 1.807) is 0 Å². The third-order valence-corrected chi connectivity index (χ3v) is 5.12. The SMILES string of the molecule is CCN(CC)C(CNC(=O)CCC1CCNC1)Cc1ccccc1.Cl.Cl. The number of hydrogen-bond acceptors (Lipinski definition) is 3. The topological polar surface area (TPSA) is 44.4 Å². The Morgan fingerprint density at radius 2 is 1.92 bits per heavy atom. The van der Waals surface area contributed by atoms with Crippen molar-refractivity contribution in [3.8, 4) is 0 Å². The Kier molecular flexibility index (Phi) is 13.8. The third kappa shape index (κ3) is 8.72. The third-order valence-electron chi connectivity index (χ3n) is 5.12. The maximum Gasteiger partial charge on any atom is 0.220 e. The largest absolute Gasteiger partial charge is 0.355 e. The van der Waals surface area contributed by atoms with Gasteiger partial charge in [-0.15, -0.1) is 24.8 Å². The summed E-state index contributed by atoms with van der Waals surface area (Å²) >= 11 is 0. The molecular formula is C20H35Cl2N3O. The van der Waals surface area contributed by atoms with Crippen LogP contribution >= 0.6 is 24.8 Å². The first-order valence-corrected chi connectivity index (χ1v) is 9.48. The Morgan fingerprint density at radius 1 is 1.23 bits per heavy atom. The molecule has 1 aromatic rings. The number of likely N-dealkylation sites (N-methyl/N-ethyl adjacent to an activating group) is 1. The molecule has 1 saturated heterocycles. The van der Waals surface area contributed by atoms with Crippen LogP contribution in [0.3, 0.4) is 0 Å². The van der Waals surface area contributed by atoms with Crippen molar-refractivity contribution in [2.24, 2.45) is 5.92 Å². The molecule has 1 aliphatic heterocycles. The van der Waals surface area contributed by atoms with E-state index in [0.717, 1.165) is 45.6 Å². The van der Waals surface area contributed by atoms with Crippen molar-refractivity contribution in [3.63, 3.8) is 0 Å². The van der Waals surface area contributed by atoms with Crippen LogP contribution in [0.15, 0.2) is 30.3 Å². The molecule has 1 amide bonds. The van der Waals surface area contributed by atoms with Gasteiger partial charge < -0.3 is 10.6 Å². The van der Waals surface area contributed by atoms with E-state index in [2.05, 4.69) is 59.7 Å². The molecule has 4 nitrogen and oxygen atoms in total. The second kappa shape index (κ2) is 14.3. The lowest BCUT2D eigenvalue weighted by Crippen LogP contribution is -2.45. The smallest absolute Gasteiger partial charge is 0.220 e. The molecule has 2 atom stereocenters. The predicted octanol–water partition coefficient (Wildman–Crippen LogP) is 3.29. The Bertz CT molecular complexity index is 477. The van der Waals surface area contributed by atoms with E-state index in [0.29, 0.717) is 18.4 Å². The molecule has 0 aromatic heterocycles. The Hall–Kier alpha value is -0.810. The normalized spacial score (nSPS) is 17.3. The van der Waals surface area contributed by atoms with Crippen molar-refractivity contribution in [1.82, 2.24) is 15.5 Å². The summed E-state index contributed by atoms with van der Waals surface area (Å²) in [5.74, 6) is 0.880. The van der Waals surface area contributed by atoms with Gasteiger partial charge in [-0.05, 0) is 56.9 Å². The summed E-state index contributed by atoms with van der Waals surface area (Å²) in [5.41, 5.74) is 1.33. The number of hydrogen-bond donors (Lipinski definition) is 2. The lowest BCUT2D eigenvalue weighted by Gasteiger charge is -2.30. The minimum absolute atomic E-state index is 0. The Labute approximate surface area is 171 Å². The van der Waals surface area contributed by atoms with Gasteiger partial charge in [-0.3, -0.25) is 9.69 Å². The highest BCUT2D eigenvalue weighted by Gasteiger charge is 2.19. The van der Waals surface area contributed by atoms with Crippen molar-refractivity contribution in [2.45, 2.75) is 45.6 Å². The molecule has 0 aliphatic carbocycles. The van der Waals surface area contributed by atoms with Gasteiger partial charge in [0.05, 0.1) is 0 Å². The number of carbonyl (C=O) groups excluding carboxylic acids is 1. The molecule has 0 radical (unpaired) electrons. The second-order valence-electron chi connectivity index (χ2n) is 6.77. The zero-order chi connectivity index (χ0) is 17.2. The average molecular weight is 404 g/mol. The van der Waals surface area contributed by atoms with E-state index in [1.165, 1.54) is 12.0 Å². The zero-order valence-electron chi connectivity index (χ0n) is 16.1. The average Bonchev–Trinajstić information content (AvgIpc) is 3.13. The van der Waals surface area contributed by atoms with E-state index in [-0.39, 0.29) is 30.7 Å². The molecule has 2 N–H and O–H groups in total. The first kappa shape index (κ1) is 25.2. The van der Waals surface area contributed by atoms with E-state index in [9.17, 15) is 4.79 Å². The number of carbonyl (C=O) groups is 1. The van der Waals surface area contributed by atoms with Crippen LogP contribution in [0.5, 0.6) is 0 Å². The standard InChI is InChI=1S/C20H33N3O.2ClH/c1-3-23(4-2)19(14-17-8-6-5-7-9-17)16-22-20(24)11-10-18-12-13-21-15-18;;/h5-9,18-19,21H,3-4,10-16H2,1-2H3,(H,22,24);2*1H. The molecule has 150 valence electrons. The van der Waals surface area contributed by atoms with Crippen molar-refractivity contribution < 1.29 is 4.79 Å². The molecule has 6 heteroatoms. The summed E-state index contributed by atoms with van der Waals surface area (Å²) in [6.45, 7) is 9.32. The summed E-state index contributed by atoms with van der Waals surface area (Å²) in [6, 6.07) is 10.9. The summed E-state index contributed by atoms with van der Waals surface area (Å²) in [7, 11) is 0. The van der Waals surface area contributed by atoms with E-state index in [4.69, 9.17) is 0 Å². The van der Waals surface area contributed by atoms with E-state index >= 15 is 0 Å². The molecular weight excluding hydrogens is 369 g/mol. The van der Waals surface area contributed by atoms with Crippen molar-refractivity contribution in [3.05, 3.63) is 35.9 Å². The Morgan fingerprint density at radius 3 is 2.50 bits per heavy atom. The van der Waals surface area contributed by atoms with Crippen LogP contribution in [-0.2, 0) is 11.2 Å². The van der Waals surface area contributed by atoms with Gasteiger partial charge in [-0.2, -0.15) is 0 Å². The highest BCUT2D eigenvalue weighted by atomic mass is 35.5. The molecule has 0 spiro atoms. The number of rotatable bonds is 10. The van der Waals surface area contributed by atoms with Crippen LogP contribution in [0, 0.1) is 5.92 Å². The number of halogens is 2. The van der Waals surface area contributed by atoms with Gasteiger partial charge in [-0.1, -0.05) is 44.2 Å². The van der Waals surface area contributed by atoms with Crippen LogP contribution in [0.4, 0.5) is 0 Å². The highest BCUT2D eigenvalue weighted by molar-refractivity contribution is 5.85. The molecule has 2 unspecified atom stereocenters. The molecule has 1 fully saturated rings.